The Bertz CT molecular complexity index is 411. The van der Waals surface area contributed by atoms with Crippen LogP contribution in [0.15, 0.2) is 22.9 Å². The fraction of sp³-hybridized carbons (Fsp3) is 0.500. The molecule has 1 fully saturated rings. The first-order valence-corrected chi connectivity index (χ1v) is 6.53. The van der Waals surface area contributed by atoms with Gasteiger partial charge in [0.05, 0.1) is 18.3 Å². The molecule has 1 unspecified atom stereocenters. The zero-order chi connectivity index (χ0) is 12.3. The second-order valence-electron chi connectivity index (χ2n) is 3.99. The minimum atomic E-state index is 0.0201. The van der Waals surface area contributed by atoms with Crippen LogP contribution < -0.4 is 0 Å². The van der Waals surface area contributed by atoms with E-state index in [1.54, 1.807) is 18.3 Å². The van der Waals surface area contributed by atoms with Gasteiger partial charge < -0.3 is 9.64 Å². The van der Waals surface area contributed by atoms with Gasteiger partial charge in [-0.15, -0.1) is 0 Å². The third kappa shape index (κ3) is 2.84. The highest BCUT2D eigenvalue weighted by Crippen LogP contribution is 2.17. The van der Waals surface area contributed by atoms with E-state index in [0.717, 1.165) is 6.42 Å². The molecule has 4 nitrogen and oxygen atoms in total. The van der Waals surface area contributed by atoms with Crippen molar-refractivity contribution in [1.29, 1.82) is 0 Å². The summed E-state index contributed by atoms with van der Waals surface area (Å²) >= 11 is 3.31. The van der Waals surface area contributed by atoms with Gasteiger partial charge in [0.1, 0.15) is 4.60 Å². The molecular weight excluding hydrogens is 284 g/mol. The van der Waals surface area contributed by atoms with Gasteiger partial charge in [0.2, 0.25) is 0 Å². The molecule has 17 heavy (non-hydrogen) atoms. The van der Waals surface area contributed by atoms with Crippen LogP contribution in [0.2, 0.25) is 0 Å². The van der Waals surface area contributed by atoms with Crippen molar-refractivity contribution in [2.45, 2.75) is 19.4 Å². The van der Waals surface area contributed by atoms with Crippen LogP contribution in [0.3, 0.4) is 0 Å². The van der Waals surface area contributed by atoms with Crippen LogP contribution in [0.4, 0.5) is 0 Å². The molecule has 1 atom stereocenters. The Morgan fingerprint density at radius 1 is 1.71 bits per heavy atom. The first-order valence-electron chi connectivity index (χ1n) is 5.73. The van der Waals surface area contributed by atoms with Gasteiger partial charge in [-0.2, -0.15) is 0 Å². The van der Waals surface area contributed by atoms with Crippen LogP contribution in [0.25, 0.3) is 0 Å². The molecule has 1 amide bonds. The zero-order valence-electron chi connectivity index (χ0n) is 9.73. The van der Waals surface area contributed by atoms with Crippen LogP contribution in [-0.4, -0.2) is 41.6 Å². The lowest BCUT2D eigenvalue weighted by molar-refractivity contribution is -0.0226. The Balaban J connectivity index is 2.12. The van der Waals surface area contributed by atoms with Crippen LogP contribution in [0, 0.1) is 0 Å². The highest BCUT2D eigenvalue weighted by atomic mass is 79.9. The number of ether oxygens (including phenoxy) is 1. The SMILES string of the molecule is CCC1CN(C(=O)c2cccnc2Br)CCO1. The van der Waals surface area contributed by atoms with Crippen LogP contribution >= 0.6 is 15.9 Å². The molecule has 2 heterocycles. The first-order chi connectivity index (χ1) is 8.22. The summed E-state index contributed by atoms with van der Waals surface area (Å²) in [5.41, 5.74) is 0.615. The van der Waals surface area contributed by atoms with E-state index in [2.05, 4.69) is 27.8 Å². The number of amides is 1. The maximum Gasteiger partial charge on any atom is 0.256 e. The third-order valence-electron chi connectivity index (χ3n) is 2.87. The average Bonchev–Trinajstić information content (AvgIpc) is 2.38. The number of halogens is 1. The summed E-state index contributed by atoms with van der Waals surface area (Å²) in [4.78, 5) is 18.2. The molecule has 1 aliphatic rings. The predicted octanol–water partition coefficient (Wildman–Crippen LogP) is 2.10. The Morgan fingerprint density at radius 3 is 3.24 bits per heavy atom. The maximum atomic E-state index is 12.3. The van der Waals surface area contributed by atoms with Gasteiger partial charge >= 0.3 is 0 Å². The molecular formula is C12H15BrN2O2. The zero-order valence-corrected chi connectivity index (χ0v) is 11.3. The van der Waals surface area contributed by atoms with Crippen LogP contribution in [-0.2, 0) is 4.74 Å². The largest absolute Gasteiger partial charge is 0.375 e. The number of aromatic nitrogens is 1. The molecule has 0 aliphatic carbocycles. The van der Waals surface area contributed by atoms with E-state index >= 15 is 0 Å². The molecule has 0 N–H and O–H groups in total. The van der Waals surface area contributed by atoms with E-state index in [9.17, 15) is 4.79 Å². The molecule has 92 valence electrons. The lowest BCUT2D eigenvalue weighted by Crippen LogP contribution is -2.45. The molecule has 5 heteroatoms. The summed E-state index contributed by atoms with van der Waals surface area (Å²) < 4.78 is 6.15. The Kier molecular flexibility index (Phi) is 4.12. The summed E-state index contributed by atoms with van der Waals surface area (Å²) in [6, 6.07) is 3.56. The number of morpholine rings is 1. The second kappa shape index (κ2) is 5.60. The Labute approximate surface area is 109 Å². The van der Waals surface area contributed by atoms with Gasteiger partial charge in [0.15, 0.2) is 0 Å². The molecule has 0 radical (unpaired) electrons. The topological polar surface area (TPSA) is 42.4 Å². The van der Waals surface area contributed by atoms with Crippen molar-refractivity contribution < 1.29 is 9.53 Å². The van der Waals surface area contributed by atoms with Gasteiger partial charge in [-0.25, -0.2) is 4.98 Å². The van der Waals surface area contributed by atoms with Crippen molar-refractivity contribution in [2.24, 2.45) is 0 Å². The Morgan fingerprint density at radius 2 is 2.53 bits per heavy atom. The van der Waals surface area contributed by atoms with E-state index in [-0.39, 0.29) is 12.0 Å². The number of nitrogens with zero attached hydrogens (tertiary/aromatic N) is 2. The summed E-state index contributed by atoms with van der Waals surface area (Å²) in [6.45, 7) is 3.99. The van der Waals surface area contributed by atoms with Crippen molar-refractivity contribution >= 4 is 21.8 Å². The number of carbonyl (C=O) groups is 1. The molecule has 2 rings (SSSR count). The van der Waals surface area contributed by atoms with Crippen LogP contribution in [0.1, 0.15) is 23.7 Å². The summed E-state index contributed by atoms with van der Waals surface area (Å²) in [7, 11) is 0. The van der Waals surface area contributed by atoms with Crippen LogP contribution in [0.5, 0.6) is 0 Å². The quantitative estimate of drug-likeness (QED) is 0.785. The summed E-state index contributed by atoms with van der Waals surface area (Å²) in [6.07, 6.45) is 2.75. The van der Waals surface area contributed by atoms with Crippen molar-refractivity contribution in [3.63, 3.8) is 0 Å². The molecule has 0 bridgehead atoms. The van der Waals surface area contributed by atoms with Crippen molar-refractivity contribution in [1.82, 2.24) is 9.88 Å². The molecule has 1 aromatic rings. The number of pyridine rings is 1. The van der Waals surface area contributed by atoms with Gasteiger partial charge in [0.25, 0.3) is 5.91 Å². The smallest absolute Gasteiger partial charge is 0.256 e. The molecule has 0 spiro atoms. The van der Waals surface area contributed by atoms with E-state index < -0.39 is 0 Å². The minimum Gasteiger partial charge on any atom is -0.375 e. The average molecular weight is 299 g/mol. The van der Waals surface area contributed by atoms with Gasteiger partial charge in [0, 0.05) is 19.3 Å². The fourth-order valence-corrected chi connectivity index (χ4v) is 2.29. The number of rotatable bonds is 2. The van der Waals surface area contributed by atoms with E-state index in [4.69, 9.17) is 4.74 Å². The molecule has 1 saturated heterocycles. The van der Waals surface area contributed by atoms with Crippen molar-refractivity contribution in [3.8, 4) is 0 Å². The lowest BCUT2D eigenvalue weighted by atomic mass is 10.2. The fourth-order valence-electron chi connectivity index (χ4n) is 1.87. The van der Waals surface area contributed by atoms with E-state index in [0.29, 0.717) is 29.9 Å². The second-order valence-corrected chi connectivity index (χ2v) is 4.75. The molecule has 0 saturated carbocycles. The summed E-state index contributed by atoms with van der Waals surface area (Å²) in [5, 5.41) is 0. The summed E-state index contributed by atoms with van der Waals surface area (Å²) in [5.74, 6) is 0.0201. The van der Waals surface area contributed by atoms with E-state index in [1.807, 2.05) is 4.90 Å². The minimum absolute atomic E-state index is 0.0201. The third-order valence-corrected chi connectivity index (χ3v) is 3.50. The van der Waals surface area contributed by atoms with Crippen molar-refractivity contribution in [3.05, 3.63) is 28.5 Å². The highest BCUT2D eigenvalue weighted by Gasteiger charge is 2.25. The number of hydrogen-bond acceptors (Lipinski definition) is 3. The molecule has 1 aliphatic heterocycles. The number of carbonyl (C=O) groups excluding carboxylic acids is 1. The van der Waals surface area contributed by atoms with Crippen molar-refractivity contribution in [2.75, 3.05) is 19.7 Å². The van der Waals surface area contributed by atoms with E-state index in [1.165, 1.54) is 0 Å². The standard InChI is InChI=1S/C12H15BrN2O2/c1-2-9-8-15(6-7-17-9)12(16)10-4-3-5-14-11(10)13/h3-5,9H,2,6-8H2,1H3. The molecule has 0 aromatic carbocycles. The monoisotopic (exact) mass is 298 g/mol. The number of hydrogen-bond donors (Lipinski definition) is 0. The molecule has 1 aromatic heterocycles. The Hall–Kier alpha value is -0.940. The predicted molar refractivity (Wildman–Crippen MR) is 67.9 cm³/mol. The van der Waals surface area contributed by atoms with Gasteiger partial charge in [-0.3, -0.25) is 4.79 Å². The lowest BCUT2D eigenvalue weighted by Gasteiger charge is -2.32. The highest BCUT2D eigenvalue weighted by molar-refractivity contribution is 9.10. The maximum absolute atomic E-state index is 12.3. The van der Waals surface area contributed by atoms with Gasteiger partial charge in [-0.1, -0.05) is 6.92 Å². The first kappa shape index (κ1) is 12.5. The normalized spacial score (nSPS) is 20.4. The van der Waals surface area contributed by atoms with Gasteiger partial charge in [-0.05, 0) is 34.5 Å².